The fourth-order valence-electron chi connectivity index (χ4n) is 2.54. The number of benzene rings is 1. The van der Waals surface area contributed by atoms with Crippen LogP contribution in [0.15, 0.2) is 22.7 Å². The molecule has 6 heteroatoms. The van der Waals surface area contributed by atoms with Gasteiger partial charge in [0.05, 0.1) is 5.56 Å². The Morgan fingerprint density at radius 2 is 1.81 bits per heavy atom. The van der Waals surface area contributed by atoms with Gasteiger partial charge in [-0.05, 0) is 47.0 Å². The Balaban J connectivity index is 1.95. The third-order valence-corrected chi connectivity index (χ3v) is 4.34. The van der Waals surface area contributed by atoms with Crippen molar-refractivity contribution in [2.24, 2.45) is 0 Å². The quantitative estimate of drug-likeness (QED) is 0.718. The topological polar surface area (TPSA) is 78.4 Å². The Hall–Kier alpha value is -1.56. The highest BCUT2D eigenvalue weighted by atomic mass is 79.9. The van der Waals surface area contributed by atoms with Gasteiger partial charge in [0, 0.05) is 16.2 Å². The smallest absolute Gasteiger partial charge is 0.336 e. The van der Waals surface area contributed by atoms with Crippen molar-refractivity contribution in [2.45, 2.75) is 44.6 Å². The minimum atomic E-state index is -1.03. The zero-order valence-corrected chi connectivity index (χ0v) is 13.3. The number of carbonyl (C=O) groups is 2. The molecule has 0 aliphatic heterocycles. The summed E-state index contributed by atoms with van der Waals surface area (Å²) >= 11 is 3.18. The van der Waals surface area contributed by atoms with Crippen molar-refractivity contribution in [3.05, 3.63) is 28.2 Å². The molecule has 0 saturated heterocycles. The van der Waals surface area contributed by atoms with Gasteiger partial charge in [-0.25, -0.2) is 9.59 Å². The lowest BCUT2D eigenvalue weighted by molar-refractivity contribution is 0.0696. The van der Waals surface area contributed by atoms with Crippen molar-refractivity contribution < 1.29 is 14.7 Å². The third kappa shape index (κ3) is 4.74. The average molecular weight is 355 g/mol. The van der Waals surface area contributed by atoms with E-state index in [0.29, 0.717) is 10.2 Å². The number of carboxylic acid groups (broad SMARTS) is 1. The Labute approximate surface area is 132 Å². The molecule has 2 rings (SSSR count). The van der Waals surface area contributed by atoms with Crippen LogP contribution in [0.2, 0.25) is 0 Å². The summed E-state index contributed by atoms with van der Waals surface area (Å²) in [5.41, 5.74) is 0.601. The van der Waals surface area contributed by atoms with Gasteiger partial charge in [0.1, 0.15) is 0 Å². The number of rotatable bonds is 3. The summed E-state index contributed by atoms with van der Waals surface area (Å²) in [5, 5.41) is 14.7. The second-order valence-corrected chi connectivity index (χ2v) is 6.14. The van der Waals surface area contributed by atoms with Gasteiger partial charge in [-0.3, -0.25) is 0 Å². The monoisotopic (exact) mass is 354 g/mol. The van der Waals surface area contributed by atoms with E-state index in [4.69, 9.17) is 5.11 Å². The van der Waals surface area contributed by atoms with Crippen molar-refractivity contribution in [1.82, 2.24) is 5.32 Å². The summed E-state index contributed by atoms with van der Waals surface area (Å²) in [6, 6.07) is 4.66. The molecule has 1 saturated carbocycles. The van der Waals surface area contributed by atoms with Crippen LogP contribution in [0.3, 0.4) is 0 Å². The standard InChI is InChI=1S/C15H19BrN2O3/c16-13-8-7-11(9-12(13)14(19)20)18-15(21)17-10-5-3-1-2-4-6-10/h7-10H,1-6H2,(H,19,20)(H2,17,18,21). The lowest BCUT2D eigenvalue weighted by Gasteiger charge is -2.17. The Morgan fingerprint density at radius 1 is 1.14 bits per heavy atom. The van der Waals surface area contributed by atoms with Crippen LogP contribution in [-0.4, -0.2) is 23.1 Å². The molecule has 21 heavy (non-hydrogen) atoms. The predicted molar refractivity (Wildman–Crippen MR) is 84.7 cm³/mol. The molecule has 1 aliphatic rings. The maximum atomic E-state index is 12.0. The number of carboxylic acids is 1. The number of urea groups is 1. The second kappa shape index (κ2) is 7.45. The molecule has 0 aromatic heterocycles. The molecule has 1 fully saturated rings. The number of hydrogen-bond donors (Lipinski definition) is 3. The van der Waals surface area contributed by atoms with Crippen molar-refractivity contribution >= 4 is 33.6 Å². The van der Waals surface area contributed by atoms with Crippen LogP contribution >= 0.6 is 15.9 Å². The minimum Gasteiger partial charge on any atom is -0.478 e. The first-order valence-electron chi connectivity index (χ1n) is 7.16. The van der Waals surface area contributed by atoms with Gasteiger partial charge in [-0.2, -0.15) is 0 Å². The summed E-state index contributed by atoms with van der Waals surface area (Å²) in [6.45, 7) is 0. The molecular formula is C15H19BrN2O3. The van der Waals surface area contributed by atoms with E-state index in [0.717, 1.165) is 25.7 Å². The Morgan fingerprint density at radius 3 is 2.43 bits per heavy atom. The van der Waals surface area contributed by atoms with Crippen molar-refractivity contribution in [3.63, 3.8) is 0 Å². The molecule has 114 valence electrons. The van der Waals surface area contributed by atoms with Crippen molar-refractivity contribution in [1.29, 1.82) is 0 Å². The van der Waals surface area contributed by atoms with Crippen molar-refractivity contribution in [2.75, 3.05) is 5.32 Å². The second-order valence-electron chi connectivity index (χ2n) is 5.29. The molecule has 2 amide bonds. The molecule has 0 spiro atoms. The third-order valence-electron chi connectivity index (χ3n) is 3.65. The average Bonchev–Trinajstić information content (AvgIpc) is 2.69. The van der Waals surface area contributed by atoms with Gasteiger partial charge >= 0.3 is 12.0 Å². The molecule has 0 heterocycles. The normalized spacial score (nSPS) is 16.0. The van der Waals surface area contributed by atoms with E-state index >= 15 is 0 Å². The molecule has 0 unspecified atom stereocenters. The fourth-order valence-corrected chi connectivity index (χ4v) is 2.96. The van der Waals surface area contributed by atoms with Gasteiger partial charge < -0.3 is 15.7 Å². The van der Waals surface area contributed by atoms with E-state index in [1.165, 1.54) is 18.9 Å². The molecule has 0 radical (unpaired) electrons. The molecule has 1 aliphatic carbocycles. The van der Waals surface area contributed by atoms with E-state index in [-0.39, 0.29) is 17.6 Å². The highest BCUT2D eigenvalue weighted by molar-refractivity contribution is 9.10. The Bertz CT molecular complexity index is 526. The zero-order valence-electron chi connectivity index (χ0n) is 11.7. The van der Waals surface area contributed by atoms with Crippen LogP contribution in [-0.2, 0) is 0 Å². The number of aromatic carboxylic acids is 1. The van der Waals surface area contributed by atoms with E-state index < -0.39 is 5.97 Å². The lowest BCUT2D eigenvalue weighted by Crippen LogP contribution is -2.37. The molecule has 1 aromatic carbocycles. The number of anilines is 1. The first-order valence-corrected chi connectivity index (χ1v) is 7.96. The van der Waals surface area contributed by atoms with Gasteiger partial charge in [0.25, 0.3) is 0 Å². The zero-order chi connectivity index (χ0) is 15.2. The molecule has 0 bridgehead atoms. The highest BCUT2D eigenvalue weighted by Crippen LogP contribution is 2.21. The summed E-state index contributed by atoms with van der Waals surface area (Å²) < 4.78 is 0.490. The van der Waals surface area contributed by atoms with E-state index in [9.17, 15) is 9.59 Å². The van der Waals surface area contributed by atoms with Crippen LogP contribution in [0.1, 0.15) is 48.9 Å². The summed E-state index contributed by atoms with van der Waals surface area (Å²) in [6.07, 6.45) is 6.77. The first kappa shape index (κ1) is 15.8. The minimum absolute atomic E-state index is 0.127. The summed E-state index contributed by atoms with van der Waals surface area (Å²) in [4.78, 5) is 23.0. The van der Waals surface area contributed by atoms with Gasteiger partial charge in [0.2, 0.25) is 0 Å². The maximum Gasteiger partial charge on any atom is 0.336 e. The van der Waals surface area contributed by atoms with Gasteiger partial charge in [-0.15, -0.1) is 0 Å². The number of halogens is 1. The number of hydrogen-bond acceptors (Lipinski definition) is 2. The van der Waals surface area contributed by atoms with E-state index in [1.54, 1.807) is 12.1 Å². The summed E-state index contributed by atoms with van der Waals surface area (Å²) in [5.74, 6) is -1.03. The largest absolute Gasteiger partial charge is 0.478 e. The van der Waals surface area contributed by atoms with Crippen LogP contribution in [0.4, 0.5) is 10.5 Å². The molecular weight excluding hydrogens is 336 g/mol. The molecule has 0 atom stereocenters. The fraction of sp³-hybridized carbons (Fsp3) is 0.467. The maximum absolute atomic E-state index is 12.0. The van der Waals surface area contributed by atoms with Crippen LogP contribution in [0, 0.1) is 0 Å². The number of carbonyl (C=O) groups excluding carboxylic acids is 1. The Kier molecular flexibility index (Phi) is 5.61. The molecule has 5 nitrogen and oxygen atoms in total. The van der Waals surface area contributed by atoms with Crippen LogP contribution < -0.4 is 10.6 Å². The van der Waals surface area contributed by atoms with Gasteiger partial charge in [-0.1, -0.05) is 25.7 Å². The van der Waals surface area contributed by atoms with Crippen molar-refractivity contribution in [3.8, 4) is 0 Å². The summed E-state index contributed by atoms with van der Waals surface area (Å²) in [7, 11) is 0. The van der Waals surface area contributed by atoms with Gasteiger partial charge in [0.15, 0.2) is 0 Å². The first-order chi connectivity index (χ1) is 10.1. The molecule has 3 N–H and O–H groups in total. The highest BCUT2D eigenvalue weighted by Gasteiger charge is 2.15. The number of nitrogens with one attached hydrogen (secondary N) is 2. The van der Waals surface area contributed by atoms with E-state index in [2.05, 4.69) is 26.6 Å². The molecule has 1 aromatic rings. The lowest BCUT2D eigenvalue weighted by atomic mass is 10.1. The van der Waals surface area contributed by atoms with Crippen LogP contribution in [0.25, 0.3) is 0 Å². The number of amides is 2. The van der Waals surface area contributed by atoms with Crippen LogP contribution in [0.5, 0.6) is 0 Å². The van der Waals surface area contributed by atoms with E-state index in [1.807, 2.05) is 0 Å². The SMILES string of the molecule is O=C(Nc1ccc(Br)c(C(=O)O)c1)NC1CCCCCC1. The predicted octanol–water partition coefficient (Wildman–Crippen LogP) is 3.99.